The van der Waals surface area contributed by atoms with Crippen molar-refractivity contribution >= 4 is 11.9 Å². The number of aliphatic carboxylic acids is 1. The molecule has 1 aromatic carbocycles. The first-order valence-corrected chi connectivity index (χ1v) is 6.73. The van der Waals surface area contributed by atoms with Gasteiger partial charge in [0.1, 0.15) is 17.1 Å². The molecule has 0 saturated heterocycles. The second-order valence-electron chi connectivity index (χ2n) is 4.91. The Hall–Kier alpha value is -2.11. The first-order chi connectivity index (χ1) is 9.88. The Kier molecular flexibility index (Phi) is 6.14. The second kappa shape index (κ2) is 7.61. The zero-order chi connectivity index (χ0) is 16.0. The third kappa shape index (κ3) is 4.44. The van der Waals surface area contributed by atoms with Crippen molar-refractivity contribution in [1.82, 2.24) is 4.90 Å². The Bertz CT molecular complexity index is 516. The lowest BCUT2D eigenvalue weighted by atomic mass is 10.1. The van der Waals surface area contributed by atoms with Crippen LogP contribution >= 0.6 is 0 Å². The van der Waals surface area contributed by atoms with Crippen LogP contribution in [0.1, 0.15) is 37.0 Å². The fourth-order valence-corrected chi connectivity index (χ4v) is 2.02. The molecule has 0 heterocycles. The van der Waals surface area contributed by atoms with Crippen LogP contribution in [0.5, 0.6) is 5.75 Å². The van der Waals surface area contributed by atoms with Crippen LogP contribution in [0.4, 0.5) is 4.39 Å². The zero-order valence-electron chi connectivity index (χ0n) is 12.4. The van der Waals surface area contributed by atoms with Crippen molar-refractivity contribution in [1.29, 1.82) is 0 Å². The quantitative estimate of drug-likeness (QED) is 0.840. The molecular formula is C15H20FNO4. The van der Waals surface area contributed by atoms with Crippen LogP contribution in [0.15, 0.2) is 18.2 Å². The van der Waals surface area contributed by atoms with Gasteiger partial charge in [-0.2, -0.15) is 0 Å². The fraction of sp³-hybridized carbons (Fsp3) is 0.467. The number of hydrogen-bond acceptors (Lipinski definition) is 3. The van der Waals surface area contributed by atoms with E-state index in [1.807, 2.05) is 0 Å². The van der Waals surface area contributed by atoms with Gasteiger partial charge in [-0.05, 0) is 32.4 Å². The lowest BCUT2D eigenvalue weighted by Crippen LogP contribution is -2.38. The minimum atomic E-state index is -0.922. The van der Waals surface area contributed by atoms with Gasteiger partial charge in [0.2, 0.25) is 0 Å². The van der Waals surface area contributed by atoms with Crippen LogP contribution in [0.3, 0.4) is 0 Å². The third-order valence-corrected chi connectivity index (χ3v) is 3.08. The second-order valence-corrected chi connectivity index (χ2v) is 4.91. The molecule has 0 aromatic heterocycles. The number of methoxy groups -OCH3 is 1. The van der Waals surface area contributed by atoms with Gasteiger partial charge in [0, 0.05) is 19.0 Å². The summed E-state index contributed by atoms with van der Waals surface area (Å²) in [5.41, 5.74) is -0.121. The molecule has 1 amide bonds. The third-order valence-electron chi connectivity index (χ3n) is 3.08. The van der Waals surface area contributed by atoms with E-state index in [0.717, 1.165) is 0 Å². The molecule has 0 fully saturated rings. The Morgan fingerprint density at radius 2 is 2.05 bits per heavy atom. The van der Waals surface area contributed by atoms with E-state index < -0.39 is 17.7 Å². The van der Waals surface area contributed by atoms with Crippen molar-refractivity contribution in [2.75, 3.05) is 13.7 Å². The van der Waals surface area contributed by atoms with E-state index in [2.05, 4.69) is 0 Å². The molecule has 0 aliphatic rings. The largest absolute Gasteiger partial charge is 0.496 e. The molecular weight excluding hydrogens is 277 g/mol. The number of amides is 1. The monoisotopic (exact) mass is 297 g/mol. The van der Waals surface area contributed by atoms with Gasteiger partial charge in [0.05, 0.1) is 7.11 Å². The number of carboxylic acids is 1. The van der Waals surface area contributed by atoms with Crippen LogP contribution in [0, 0.1) is 5.82 Å². The molecule has 1 rings (SSSR count). The maximum Gasteiger partial charge on any atom is 0.303 e. The van der Waals surface area contributed by atoms with Gasteiger partial charge in [0.15, 0.2) is 0 Å². The standard InChI is InChI=1S/C15H20FNO4/c1-10(2)17(9-5-8-13(18)19)15(20)14-11(16)6-4-7-12(14)21-3/h4,6-7,10H,5,8-9H2,1-3H3,(H,18,19). The molecule has 21 heavy (non-hydrogen) atoms. The topological polar surface area (TPSA) is 66.8 Å². The first kappa shape index (κ1) is 16.9. The molecule has 116 valence electrons. The lowest BCUT2D eigenvalue weighted by molar-refractivity contribution is -0.137. The Morgan fingerprint density at radius 3 is 2.57 bits per heavy atom. The Morgan fingerprint density at radius 1 is 1.38 bits per heavy atom. The normalized spacial score (nSPS) is 10.5. The molecule has 0 bridgehead atoms. The first-order valence-electron chi connectivity index (χ1n) is 6.73. The predicted molar refractivity (Wildman–Crippen MR) is 76.0 cm³/mol. The SMILES string of the molecule is COc1cccc(F)c1C(=O)N(CCCC(=O)O)C(C)C. The van der Waals surface area contributed by atoms with Crippen molar-refractivity contribution in [3.05, 3.63) is 29.6 Å². The van der Waals surface area contributed by atoms with E-state index in [0.29, 0.717) is 6.42 Å². The summed E-state index contributed by atoms with van der Waals surface area (Å²) in [6.07, 6.45) is 0.279. The van der Waals surface area contributed by atoms with Crippen LogP contribution < -0.4 is 4.74 Å². The molecule has 1 N–H and O–H groups in total. The van der Waals surface area contributed by atoms with Crippen molar-refractivity contribution < 1.29 is 23.8 Å². The Balaban J connectivity index is 2.98. The maximum atomic E-state index is 13.9. The van der Waals surface area contributed by atoms with E-state index in [4.69, 9.17) is 9.84 Å². The van der Waals surface area contributed by atoms with Gasteiger partial charge >= 0.3 is 5.97 Å². The van der Waals surface area contributed by atoms with Gasteiger partial charge in [-0.3, -0.25) is 9.59 Å². The lowest BCUT2D eigenvalue weighted by Gasteiger charge is -2.27. The molecule has 0 aliphatic heterocycles. The van der Waals surface area contributed by atoms with E-state index in [1.54, 1.807) is 13.8 Å². The molecule has 0 atom stereocenters. The smallest absolute Gasteiger partial charge is 0.303 e. The molecule has 6 heteroatoms. The number of halogens is 1. The van der Waals surface area contributed by atoms with Crippen molar-refractivity contribution in [2.24, 2.45) is 0 Å². The molecule has 0 aliphatic carbocycles. The number of benzene rings is 1. The molecule has 0 unspecified atom stereocenters. The fourth-order valence-electron chi connectivity index (χ4n) is 2.02. The summed E-state index contributed by atoms with van der Waals surface area (Å²) in [5.74, 6) is -1.90. The van der Waals surface area contributed by atoms with Crippen LogP contribution in [0.2, 0.25) is 0 Å². The number of ether oxygens (including phenoxy) is 1. The Labute approximate surface area is 123 Å². The van der Waals surface area contributed by atoms with Crippen LogP contribution in [-0.2, 0) is 4.79 Å². The summed E-state index contributed by atoms with van der Waals surface area (Å²) in [4.78, 5) is 24.5. The summed E-state index contributed by atoms with van der Waals surface area (Å²) in [6, 6.07) is 4.02. The van der Waals surface area contributed by atoms with E-state index >= 15 is 0 Å². The molecule has 0 spiro atoms. The van der Waals surface area contributed by atoms with E-state index in [9.17, 15) is 14.0 Å². The molecule has 5 nitrogen and oxygen atoms in total. The summed E-state index contributed by atoms with van der Waals surface area (Å²) in [6.45, 7) is 3.85. The summed E-state index contributed by atoms with van der Waals surface area (Å²) < 4.78 is 19.0. The van der Waals surface area contributed by atoms with E-state index in [1.165, 1.54) is 30.2 Å². The van der Waals surface area contributed by atoms with Gasteiger partial charge in [-0.15, -0.1) is 0 Å². The van der Waals surface area contributed by atoms with Gasteiger partial charge in [0.25, 0.3) is 5.91 Å². The van der Waals surface area contributed by atoms with Crippen molar-refractivity contribution in [3.63, 3.8) is 0 Å². The predicted octanol–water partition coefficient (Wildman–Crippen LogP) is 2.55. The molecule has 1 aromatic rings. The molecule has 0 radical (unpaired) electrons. The zero-order valence-corrected chi connectivity index (χ0v) is 12.4. The number of carbonyl (C=O) groups excluding carboxylic acids is 1. The van der Waals surface area contributed by atoms with Gasteiger partial charge in [-0.1, -0.05) is 6.07 Å². The van der Waals surface area contributed by atoms with Gasteiger partial charge in [-0.25, -0.2) is 4.39 Å². The van der Waals surface area contributed by atoms with Crippen molar-refractivity contribution in [3.8, 4) is 5.75 Å². The highest BCUT2D eigenvalue weighted by Gasteiger charge is 2.25. The van der Waals surface area contributed by atoms with Crippen molar-refractivity contribution in [2.45, 2.75) is 32.7 Å². The average Bonchev–Trinajstić information content (AvgIpc) is 2.41. The number of rotatable bonds is 7. The summed E-state index contributed by atoms with van der Waals surface area (Å²) in [5, 5.41) is 8.66. The summed E-state index contributed by atoms with van der Waals surface area (Å²) in [7, 11) is 1.37. The van der Waals surface area contributed by atoms with E-state index in [-0.39, 0.29) is 30.3 Å². The highest BCUT2D eigenvalue weighted by atomic mass is 19.1. The highest BCUT2D eigenvalue weighted by Crippen LogP contribution is 2.24. The van der Waals surface area contributed by atoms with Crippen LogP contribution in [0.25, 0.3) is 0 Å². The minimum absolute atomic E-state index is 0.0368. The maximum absolute atomic E-state index is 13.9. The van der Waals surface area contributed by atoms with Gasteiger partial charge < -0.3 is 14.7 Å². The number of carboxylic acid groups (broad SMARTS) is 1. The minimum Gasteiger partial charge on any atom is -0.496 e. The number of nitrogens with zero attached hydrogens (tertiary/aromatic N) is 1. The molecule has 0 saturated carbocycles. The number of carbonyl (C=O) groups is 2. The van der Waals surface area contributed by atoms with Crippen LogP contribution in [-0.4, -0.2) is 41.6 Å². The average molecular weight is 297 g/mol. The summed E-state index contributed by atoms with van der Waals surface area (Å²) >= 11 is 0. The highest BCUT2D eigenvalue weighted by molar-refractivity contribution is 5.97. The number of hydrogen-bond donors (Lipinski definition) is 1.